The Bertz CT molecular complexity index is 1330. The number of H-pyrrole nitrogens is 1. The van der Waals surface area contributed by atoms with Gasteiger partial charge in [0.2, 0.25) is 5.91 Å². The van der Waals surface area contributed by atoms with Gasteiger partial charge in [-0.1, -0.05) is 42.5 Å². The number of carbonyl (C=O) groups excluding carboxylic acids is 2. The third-order valence-electron chi connectivity index (χ3n) is 4.50. The summed E-state index contributed by atoms with van der Waals surface area (Å²) < 4.78 is 0.900. The molecule has 1 aromatic carbocycles. The highest BCUT2D eigenvalue weighted by atomic mass is 32.1. The summed E-state index contributed by atoms with van der Waals surface area (Å²) in [6.07, 6.45) is 0. The Labute approximate surface area is 185 Å². The van der Waals surface area contributed by atoms with Crippen molar-refractivity contribution in [1.82, 2.24) is 14.5 Å². The molecule has 2 aromatic heterocycles. The van der Waals surface area contributed by atoms with Crippen LogP contribution in [0.1, 0.15) is 42.2 Å². The third-order valence-corrected chi connectivity index (χ3v) is 5.55. The largest absolute Gasteiger partial charge is 0.385 e. The van der Waals surface area contributed by atoms with Crippen LogP contribution in [-0.4, -0.2) is 32.2 Å². The van der Waals surface area contributed by atoms with Gasteiger partial charge in [0.1, 0.15) is 16.8 Å². The van der Waals surface area contributed by atoms with E-state index in [-0.39, 0.29) is 21.2 Å². The first-order chi connectivity index (χ1) is 15.1. The van der Waals surface area contributed by atoms with Crippen LogP contribution in [0, 0.1) is 12.8 Å². The number of anilines is 1. The van der Waals surface area contributed by atoms with E-state index in [1.807, 2.05) is 0 Å². The maximum absolute atomic E-state index is 13.1. The highest BCUT2D eigenvalue weighted by Gasteiger charge is 2.29. The summed E-state index contributed by atoms with van der Waals surface area (Å²) in [7, 11) is 0. The monoisotopic (exact) mass is 458 g/mol. The molecule has 0 unspecified atom stereocenters. The Hall–Kier alpha value is -3.80. The first-order valence-electron chi connectivity index (χ1n) is 9.63. The number of aromatic amines is 1. The topological polar surface area (TPSA) is 162 Å². The number of para-hydroxylation sites is 1. The molecule has 4 N–H and O–H groups in total. The molecular formula is C20H22N6O5S. The molecule has 0 aliphatic rings. The van der Waals surface area contributed by atoms with Gasteiger partial charge in [-0.15, -0.1) is 0 Å². The Kier molecular flexibility index (Phi) is 6.53. The van der Waals surface area contributed by atoms with Crippen LogP contribution >= 0.6 is 11.3 Å². The van der Waals surface area contributed by atoms with Gasteiger partial charge in [0.15, 0.2) is 5.13 Å². The van der Waals surface area contributed by atoms with Gasteiger partial charge in [-0.3, -0.25) is 9.59 Å². The first kappa shape index (κ1) is 22.9. The van der Waals surface area contributed by atoms with Crippen LogP contribution in [0.25, 0.3) is 10.9 Å². The van der Waals surface area contributed by atoms with Gasteiger partial charge in [0.05, 0.1) is 16.6 Å². The van der Waals surface area contributed by atoms with Crippen LogP contribution < -0.4 is 22.3 Å². The van der Waals surface area contributed by atoms with Crippen LogP contribution in [-0.2, 0) is 9.63 Å². The van der Waals surface area contributed by atoms with Crippen LogP contribution in [0.5, 0.6) is 0 Å². The molecule has 0 aliphatic heterocycles. The summed E-state index contributed by atoms with van der Waals surface area (Å²) in [6, 6.07) is 5.45. The van der Waals surface area contributed by atoms with E-state index in [1.54, 1.807) is 45.0 Å². The minimum Gasteiger partial charge on any atom is -0.385 e. The second kappa shape index (κ2) is 9.14. The van der Waals surface area contributed by atoms with E-state index < -0.39 is 35.1 Å². The van der Waals surface area contributed by atoms with Crippen molar-refractivity contribution in [3.63, 3.8) is 0 Å². The Balaban J connectivity index is 1.94. The molecule has 0 saturated heterocycles. The summed E-state index contributed by atoms with van der Waals surface area (Å²) in [6.45, 7) is 6.46. The highest BCUT2D eigenvalue weighted by molar-refractivity contribution is 7.17. The predicted octanol–water partition coefficient (Wildman–Crippen LogP) is 1.74. The minimum absolute atomic E-state index is 0.0693. The molecular weight excluding hydrogens is 436 g/mol. The molecule has 2 heterocycles. The molecule has 3 rings (SSSR count). The molecule has 0 fully saturated rings. The lowest BCUT2D eigenvalue weighted by Crippen LogP contribution is -2.44. The van der Waals surface area contributed by atoms with Crippen molar-refractivity contribution >= 4 is 45.1 Å². The number of oxime groups is 1. The van der Waals surface area contributed by atoms with Gasteiger partial charge in [-0.05, 0) is 31.9 Å². The maximum Gasteiger partial charge on any atom is 0.377 e. The zero-order valence-corrected chi connectivity index (χ0v) is 18.6. The average molecular weight is 459 g/mol. The summed E-state index contributed by atoms with van der Waals surface area (Å²) >= 11 is 0.882. The number of aryl methyl sites for hydroxylation is 1. The minimum atomic E-state index is -1.11. The lowest BCUT2D eigenvalue weighted by atomic mass is 10.0. The molecule has 168 valence electrons. The fraction of sp³-hybridized carbons (Fsp3) is 0.300. The van der Waals surface area contributed by atoms with Gasteiger partial charge >= 0.3 is 11.7 Å². The number of hydrogen-bond donors (Lipinski definition) is 3. The lowest BCUT2D eigenvalue weighted by molar-refractivity contribution is -0.120. The molecule has 11 nitrogen and oxygen atoms in total. The van der Waals surface area contributed by atoms with E-state index in [0.29, 0.717) is 11.2 Å². The first-order valence-corrected chi connectivity index (χ1v) is 10.4. The van der Waals surface area contributed by atoms with Crippen molar-refractivity contribution in [3.05, 3.63) is 55.7 Å². The van der Waals surface area contributed by atoms with Gasteiger partial charge in [-0.2, -0.15) is 0 Å². The Morgan fingerprint density at radius 3 is 2.62 bits per heavy atom. The number of fused-ring (bicyclic) bond motifs is 1. The molecule has 0 spiro atoms. The SMILES string of the molecule is CC(N)=NOC(=O)c1sc(NC(=O)[C@H](C(C)C)n2c(=O)[nH]c3ccccc3c2=O)nc1C. The number of thiazole rings is 1. The average Bonchev–Trinajstić information content (AvgIpc) is 3.08. The van der Waals surface area contributed by atoms with E-state index in [2.05, 4.69) is 20.4 Å². The summed E-state index contributed by atoms with van der Waals surface area (Å²) in [5.41, 5.74) is 4.78. The van der Waals surface area contributed by atoms with Gasteiger partial charge in [0.25, 0.3) is 5.56 Å². The molecule has 1 atom stereocenters. The second-order valence-electron chi connectivity index (χ2n) is 7.37. The third kappa shape index (κ3) is 4.59. The van der Waals surface area contributed by atoms with Crippen molar-refractivity contribution in [2.45, 2.75) is 33.7 Å². The van der Waals surface area contributed by atoms with Gasteiger partial charge < -0.3 is 20.9 Å². The quantitative estimate of drug-likeness (QED) is 0.219. The molecule has 1 amide bonds. The summed E-state index contributed by atoms with van der Waals surface area (Å²) in [5, 5.41) is 6.40. The zero-order chi connectivity index (χ0) is 23.6. The van der Waals surface area contributed by atoms with Crippen LogP contribution in [0.15, 0.2) is 39.0 Å². The summed E-state index contributed by atoms with van der Waals surface area (Å²) in [5.74, 6) is -1.72. The normalized spacial score (nSPS) is 12.7. The smallest absolute Gasteiger partial charge is 0.377 e. The maximum atomic E-state index is 13.1. The fourth-order valence-corrected chi connectivity index (χ4v) is 3.96. The molecule has 0 radical (unpaired) electrons. The van der Waals surface area contributed by atoms with Crippen LogP contribution in [0.3, 0.4) is 0 Å². The van der Waals surface area contributed by atoms with Crippen LogP contribution in [0.2, 0.25) is 0 Å². The Morgan fingerprint density at radius 2 is 1.97 bits per heavy atom. The van der Waals surface area contributed by atoms with Crippen molar-refractivity contribution in [3.8, 4) is 0 Å². The van der Waals surface area contributed by atoms with Gasteiger partial charge in [-0.25, -0.2) is 19.1 Å². The standard InChI is InChI=1S/C20H22N6O5S/c1-9(2)14(26-17(28)12-7-5-6-8-13(12)23-20(26)30)16(27)24-19-22-10(3)15(32-19)18(29)31-25-11(4)21/h5-9,14H,1-4H3,(H2,21,25)(H,23,30)(H,22,24,27)/t14-/m0/s1. The molecule has 12 heteroatoms. The molecule has 0 bridgehead atoms. The second-order valence-corrected chi connectivity index (χ2v) is 8.37. The van der Waals surface area contributed by atoms with Crippen LogP contribution in [0.4, 0.5) is 5.13 Å². The number of benzene rings is 1. The van der Waals surface area contributed by atoms with Crippen molar-refractivity contribution in [2.24, 2.45) is 16.8 Å². The molecule has 0 aliphatic carbocycles. The molecule has 0 saturated carbocycles. The van der Waals surface area contributed by atoms with Gasteiger partial charge in [0, 0.05) is 0 Å². The number of hydrogen-bond acceptors (Lipinski definition) is 8. The number of nitrogens with two attached hydrogens (primary N) is 1. The van der Waals surface area contributed by atoms with E-state index in [1.165, 1.54) is 6.92 Å². The predicted molar refractivity (Wildman–Crippen MR) is 121 cm³/mol. The number of nitrogens with zero attached hydrogens (tertiary/aromatic N) is 3. The lowest BCUT2D eigenvalue weighted by Gasteiger charge is -2.21. The number of aromatic nitrogens is 3. The Morgan fingerprint density at radius 1 is 1.28 bits per heavy atom. The van der Waals surface area contributed by atoms with E-state index in [0.717, 1.165) is 15.9 Å². The van der Waals surface area contributed by atoms with E-state index >= 15 is 0 Å². The number of amidine groups is 1. The number of nitrogens with one attached hydrogen (secondary N) is 2. The van der Waals surface area contributed by atoms with E-state index in [4.69, 9.17) is 10.6 Å². The number of rotatable bonds is 6. The van der Waals surface area contributed by atoms with Crippen molar-refractivity contribution in [1.29, 1.82) is 0 Å². The molecule has 32 heavy (non-hydrogen) atoms. The number of amides is 1. The number of carbonyl (C=O) groups is 2. The highest BCUT2D eigenvalue weighted by Crippen LogP contribution is 2.25. The summed E-state index contributed by atoms with van der Waals surface area (Å²) in [4.78, 5) is 62.5. The van der Waals surface area contributed by atoms with E-state index in [9.17, 15) is 19.2 Å². The van der Waals surface area contributed by atoms with Crippen molar-refractivity contribution < 1.29 is 14.4 Å². The molecule has 3 aromatic rings. The zero-order valence-electron chi connectivity index (χ0n) is 17.8. The fourth-order valence-electron chi connectivity index (χ4n) is 3.12. The van der Waals surface area contributed by atoms with Crippen molar-refractivity contribution in [2.75, 3.05) is 5.32 Å².